The summed E-state index contributed by atoms with van der Waals surface area (Å²) in [6.07, 6.45) is 1.61. The van der Waals surface area contributed by atoms with Crippen molar-refractivity contribution in [1.82, 2.24) is 4.98 Å². The molecule has 0 aliphatic carbocycles. The molecule has 0 aromatic carbocycles. The summed E-state index contributed by atoms with van der Waals surface area (Å²) in [5.74, 6) is 0.0173. The Balaban J connectivity index is 3.05. The van der Waals surface area contributed by atoms with Crippen molar-refractivity contribution in [1.29, 1.82) is 0 Å². The summed E-state index contributed by atoms with van der Waals surface area (Å²) >= 11 is 0. The number of oxime groups is 1. The van der Waals surface area contributed by atoms with Crippen LogP contribution in [-0.4, -0.2) is 30.1 Å². The minimum absolute atomic E-state index is 0.0173. The van der Waals surface area contributed by atoms with Gasteiger partial charge in [0.1, 0.15) is 5.69 Å². The van der Waals surface area contributed by atoms with Crippen LogP contribution in [0.15, 0.2) is 23.5 Å². The standard InChI is InChI=1S/C8H12N4O/c1-12(2)6-3-4-10-7(5-6)8(9)11-13/h3-5,13H,1-2H3,(H2,9,11). The molecule has 1 heterocycles. The highest BCUT2D eigenvalue weighted by Gasteiger charge is 2.02. The van der Waals surface area contributed by atoms with Gasteiger partial charge in [0.2, 0.25) is 0 Å². The maximum atomic E-state index is 8.43. The maximum Gasteiger partial charge on any atom is 0.188 e. The summed E-state index contributed by atoms with van der Waals surface area (Å²) in [5.41, 5.74) is 6.80. The largest absolute Gasteiger partial charge is 0.409 e. The number of nitrogens with two attached hydrogens (primary N) is 1. The van der Waals surface area contributed by atoms with Gasteiger partial charge in [0, 0.05) is 26.0 Å². The summed E-state index contributed by atoms with van der Waals surface area (Å²) in [6.45, 7) is 0. The Labute approximate surface area is 76.5 Å². The van der Waals surface area contributed by atoms with E-state index in [-0.39, 0.29) is 5.84 Å². The van der Waals surface area contributed by atoms with Crippen molar-refractivity contribution < 1.29 is 5.21 Å². The van der Waals surface area contributed by atoms with Gasteiger partial charge in [-0.05, 0) is 12.1 Å². The van der Waals surface area contributed by atoms with Gasteiger partial charge in [-0.2, -0.15) is 0 Å². The van der Waals surface area contributed by atoms with Crippen molar-refractivity contribution in [2.75, 3.05) is 19.0 Å². The van der Waals surface area contributed by atoms with Crippen LogP contribution in [0.3, 0.4) is 0 Å². The van der Waals surface area contributed by atoms with Gasteiger partial charge in [-0.1, -0.05) is 5.16 Å². The number of nitrogens with zero attached hydrogens (tertiary/aromatic N) is 3. The lowest BCUT2D eigenvalue weighted by molar-refractivity contribution is 0.318. The molecule has 0 bridgehead atoms. The Hall–Kier alpha value is -1.78. The molecule has 13 heavy (non-hydrogen) atoms. The van der Waals surface area contributed by atoms with Crippen molar-refractivity contribution in [2.45, 2.75) is 0 Å². The Kier molecular flexibility index (Phi) is 2.69. The van der Waals surface area contributed by atoms with E-state index in [2.05, 4.69) is 10.1 Å². The van der Waals surface area contributed by atoms with Crippen LogP contribution in [0.5, 0.6) is 0 Å². The number of aromatic nitrogens is 1. The van der Waals surface area contributed by atoms with Crippen LogP contribution in [0.4, 0.5) is 5.69 Å². The van der Waals surface area contributed by atoms with E-state index in [0.29, 0.717) is 5.69 Å². The van der Waals surface area contributed by atoms with Crippen LogP contribution in [0.1, 0.15) is 5.69 Å². The average molecular weight is 180 g/mol. The van der Waals surface area contributed by atoms with Crippen molar-refractivity contribution in [3.8, 4) is 0 Å². The van der Waals surface area contributed by atoms with Gasteiger partial charge in [-0.3, -0.25) is 4.98 Å². The molecule has 0 aliphatic heterocycles. The lowest BCUT2D eigenvalue weighted by Crippen LogP contribution is -2.16. The second kappa shape index (κ2) is 3.75. The molecular weight excluding hydrogens is 168 g/mol. The smallest absolute Gasteiger partial charge is 0.188 e. The fourth-order valence-electron chi connectivity index (χ4n) is 0.889. The second-order valence-corrected chi connectivity index (χ2v) is 2.78. The van der Waals surface area contributed by atoms with E-state index in [4.69, 9.17) is 10.9 Å². The van der Waals surface area contributed by atoms with Crippen molar-refractivity contribution in [3.63, 3.8) is 0 Å². The molecule has 70 valence electrons. The van der Waals surface area contributed by atoms with Gasteiger partial charge >= 0.3 is 0 Å². The van der Waals surface area contributed by atoms with Crippen molar-refractivity contribution in [2.24, 2.45) is 10.9 Å². The van der Waals surface area contributed by atoms with E-state index in [0.717, 1.165) is 5.69 Å². The fraction of sp³-hybridized carbons (Fsp3) is 0.250. The van der Waals surface area contributed by atoms with Crippen LogP contribution < -0.4 is 10.6 Å². The van der Waals surface area contributed by atoms with E-state index < -0.39 is 0 Å². The number of rotatable bonds is 2. The highest BCUT2D eigenvalue weighted by atomic mass is 16.4. The lowest BCUT2D eigenvalue weighted by atomic mass is 10.3. The predicted octanol–water partition coefficient (Wildman–Crippen LogP) is 0.242. The van der Waals surface area contributed by atoms with E-state index in [1.807, 2.05) is 25.1 Å². The van der Waals surface area contributed by atoms with Crippen LogP contribution in [-0.2, 0) is 0 Å². The third kappa shape index (κ3) is 2.08. The molecule has 0 aliphatic rings. The van der Waals surface area contributed by atoms with Gasteiger partial charge in [0.15, 0.2) is 5.84 Å². The average Bonchev–Trinajstić information content (AvgIpc) is 2.17. The van der Waals surface area contributed by atoms with E-state index in [9.17, 15) is 0 Å². The predicted molar refractivity (Wildman–Crippen MR) is 51.1 cm³/mol. The third-order valence-corrected chi connectivity index (χ3v) is 1.63. The minimum atomic E-state index is 0.0173. The molecule has 0 saturated carbocycles. The molecule has 1 aromatic rings. The first-order valence-corrected chi connectivity index (χ1v) is 3.76. The first kappa shape index (κ1) is 9.31. The van der Waals surface area contributed by atoms with Gasteiger partial charge in [-0.25, -0.2) is 0 Å². The molecule has 3 N–H and O–H groups in total. The third-order valence-electron chi connectivity index (χ3n) is 1.63. The number of hydrogen-bond acceptors (Lipinski definition) is 4. The first-order chi connectivity index (χ1) is 6.15. The molecule has 0 fully saturated rings. The van der Waals surface area contributed by atoms with Crippen LogP contribution in [0.2, 0.25) is 0 Å². The Morgan fingerprint density at radius 2 is 2.31 bits per heavy atom. The summed E-state index contributed by atoms with van der Waals surface area (Å²) in [7, 11) is 3.82. The summed E-state index contributed by atoms with van der Waals surface area (Å²) in [6, 6.07) is 3.59. The quantitative estimate of drug-likeness (QED) is 0.296. The summed E-state index contributed by atoms with van der Waals surface area (Å²) in [5, 5.41) is 11.3. The fourth-order valence-corrected chi connectivity index (χ4v) is 0.889. The molecule has 0 radical (unpaired) electrons. The molecular formula is C8H12N4O. The normalized spacial score (nSPS) is 11.4. The molecule has 5 heteroatoms. The maximum absolute atomic E-state index is 8.43. The van der Waals surface area contributed by atoms with Gasteiger partial charge in [0.05, 0.1) is 0 Å². The zero-order chi connectivity index (χ0) is 9.84. The van der Waals surface area contributed by atoms with E-state index in [1.54, 1.807) is 12.3 Å². The number of hydrogen-bond donors (Lipinski definition) is 2. The monoisotopic (exact) mass is 180 g/mol. The molecule has 0 spiro atoms. The minimum Gasteiger partial charge on any atom is -0.409 e. The van der Waals surface area contributed by atoms with Crippen LogP contribution >= 0.6 is 0 Å². The van der Waals surface area contributed by atoms with E-state index >= 15 is 0 Å². The second-order valence-electron chi connectivity index (χ2n) is 2.78. The van der Waals surface area contributed by atoms with Gasteiger partial charge < -0.3 is 15.8 Å². The Morgan fingerprint density at radius 1 is 1.62 bits per heavy atom. The molecule has 0 amide bonds. The Morgan fingerprint density at radius 3 is 2.85 bits per heavy atom. The number of amidine groups is 1. The zero-order valence-electron chi connectivity index (χ0n) is 7.60. The number of anilines is 1. The number of pyridine rings is 1. The SMILES string of the molecule is CN(C)c1ccnc(/C(N)=N/O)c1. The topological polar surface area (TPSA) is 74.7 Å². The molecule has 1 rings (SSSR count). The molecule has 0 saturated heterocycles. The molecule has 5 nitrogen and oxygen atoms in total. The Bertz CT molecular complexity index is 322. The van der Waals surface area contributed by atoms with Crippen molar-refractivity contribution in [3.05, 3.63) is 24.0 Å². The van der Waals surface area contributed by atoms with Crippen LogP contribution in [0, 0.1) is 0 Å². The van der Waals surface area contributed by atoms with Gasteiger partial charge in [0.25, 0.3) is 0 Å². The molecule has 0 atom stereocenters. The zero-order valence-corrected chi connectivity index (χ0v) is 7.60. The van der Waals surface area contributed by atoms with Crippen LogP contribution in [0.25, 0.3) is 0 Å². The molecule has 0 unspecified atom stereocenters. The molecule has 1 aromatic heterocycles. The van der Waals surface area contributed by atoms with Gasteiger partial charge in [-0.15, -0.1) is 0 Å². The summed E-state index contributed by atoms with van der Waals surface area (Å²) in [4.78, 5) is 5.86. The van der Waals surface area contributed by atoms with Crippen molar-refractivity contribution >= 4 is 11.5 Å². The highest BCUT2D eigenvalue weighted by Crippen LogP contribution is 2.10. The first-order valence-electron chi connectivity index (χ1n) is 3.76. The highest BCUT2D eigenvalue weighted by molar-refractivity contribution is 5.95. The lowest BCUT2D eigenvalue weighted by Gasteiger charge is -2.12. The van der Waals surface area contributed by atoms with E-state index in [1.165, 1.54) is 0 Å². The summed E-state index contributed by atoms with van der Waals surface area (Å²) < 4.78 is 0.